The molecule has 0 atom stereocenters. The van der Waals surface area contributed by atoms with Gasteiger partial charge in [-0.05, 0) is 25.3 Å². The van der Waals surface area contributed by atoms with Crippen LogP contribution in [0.25, 0.3) is 0 Å². The third-order valence-electron chi connectivity index (χ3n) is 1.51. The van der Waals surface area contributed by atoms with Crippen LogP contribution in [0.2, 0.25) is 0 Å². The Hall–Kier alpha value is -0.780. The highest BCUT2D eigenvalue weighted by molar-refractivity contribution is 5.24. The Morgan fingerprint density at radius 2 is 1.73 bits per heavy atom. The molecule has 0 heterocycles. The molecule has 0 N–H and O–H groups in total. The van der Waals surface area contributed by atoms with Crippen molar-refractivity contribution in [3.05, 3.63) is 36.0 Å². The van der Waals surface area contributed by atoms with Gasteiger partial charge in [0.15, 0.2) is 0 Å². The van der Waals surface area contributed by atoms with Gasteiger partial charge in [0.25, 0.3) is 0 Å². The molecule has 11 heavy (non-hydrogen) atoms. The topological polar surface area (TPSA) is 0 Å². The van der Waals surface area contributed by atoms with Crippen molar-refractivity contribution in [3.8, 4) is 0 Å². The Balaban J connectivity index is 4.36. The molecule has 62 valence electrons. The molecule has 0 aromatic heterocycles. The molecule has 0 spiro atoms. The third-order valence-corrected chi connectivity index (χ3v) is 1.51. The normalized spacial score (nSPS) is 11.5. The maximum atomic E-state index is 3.76. The average Bonchev–Trinajstić information content (AvgIpc) is 1.87. The minimum Gasteiger partial charge on any atom is -0.0988 e. The van der Waals surface area contributed by atoms with Crippen molar-refractivity contribution >= 4 is 0 Å². The molecule has 0 aromatic rings. The summed E-state index contributed by atoms with van der Waals surface area (Å²) in [6.07, 6.45) is 6.17. The molecular formula is C11H18. The predicted octanol–water partition coefficient (Wildman–Crippen LogP) is 3.72. The predicted molar refractivity (Wildman–Crippen MR) is 52.5 cm³/mol. The Labute approximate surface area is 70.3 Å². The van der Waals surface area contributed by atoms with Crippen LogP contribution in [0.3, 0.4) is 0 Å². The van der Waals surface area contributed by atoms with Crippen molar-refractivity contribution in [2.75, 3.05) is 0 Å². The van der Waals surface area contributed by atoms with E-state index < -0.39 is 0 Å². The first-order valence-corrected chi connectivity index (χ1v) is 4.05. The van der Waals surface area contributed by atoms with Crippen molar-refractivity contribution in [1.29, 1.82) is 0 Å². The molecule has 0 aromatic carbocycles. The van der Waals surface area contributed by atoms with E-state index in [-0.39, 0.29) is 0 Å². The molecule has 0 nitrogen and oxygen atoms in total. The highest BCUT2D eigenvalue weighted by Crippen LogP contribution is 2.10. The first kappa shape index (κ1) is 10.2. The van der Waals surface area contributed by atoms with E-state index in [9.17, 15) is 0 Å². The number of allylic oxidation sites excluding steroid dienone is 5. The fraction of sp³-hybridized carbons (Fsp3) is 0.455. The van der Waals surface area contributed by atoms with Gasteiger partial charge < -0.3 is 0 Å². The Bertz CT molecular complexity index is 176. The molecule has 0 aliphatic carbocycles. The molecule has 0 aliphatic rings. The molecule has 0 radical (unpaired) electrons. The van der Waals surface area contributed by atoms with Gasteiger partial charge in [-0.25, -0.2) is 0 Å². The molecule has 0 fully saturated rings. The summed E-state index contributed by atoms with van der Waals surface area (Å²) in [6.45, 7) is 12.3. The Kier molecular flexibility index (Phi) is 4.60. The Morgan fingerprint density at radius 3 is 2.00 bits per heavy atom. The summed E-state index contributed by atoms with van der Waals surface area (Å²) in [5.74, 6) is 0.572. The SMILES string of the molecule is C=CC(=CC=C(C)C)C(C)C. The summed E-state index contributed by atoms with van der Waals surface area (Å²) in [7, 11) is 0. The summed E-state index contributed by atoms with van der Waals surface area (Å²) in [5.41, 5.74) is 2.62. The first-order chi connectivity index (χ1) is 5.07. The van der Waals surface area contributed by atoms with Crippen molar-refractivity contribution < 1.29 is 0 Å². The molecule has 0 aliphatic heterocycles. The number of hydrogen-bond acceptors (Lipinski definition) is 0. The van der Waals surface area contributed by atoms with Crippen molar-refractivity contribution in [3.63, 3.8) is 0 Å². The van der Waals surface area contributed by atoms with Crippen LogP contribution in [0.15, 0.2) is 36.0 Å². The van der Waals surface area contributed by atoms with E-state index in [1.165, 1.54) is 11.1 Å². The van der Waals surface area contributed by atoms with Crippen LogP contribution in [0.4, 0.5) is 0 Å². The minimum atomic E-state index is 0.572. The highest BCUT2D eigenvalue weighted by atomic mass is 14.0. The average molecular weight is 150 g/mol. The summed E-state index contributed by atoms with van der Waals surface area (Å²) in [5, 5.41) is 0. The molecule has 0 saturated carbocycles. The second-order valence-electron chi connectivity index (χ2n) is 3.27. The number of hydrogen-bond donors (Lipinski definition) is 0. The van der Waals surface area contributed by atoms with Crippen LogP contribution in [-0.2, 0) is 0 Å². The van der Waals surface area contributed by atoms with E-state index in [0.717, 1.165) is 0 Å². The third kappa shape index (κ3) is 4.60. The zero-order chi connectivity index (χ0) is 8.85. The van der Waals surface area contributed by atoms with E-state index in [4.69, 9.17) is 0 Å². The second kappa shape index (κ2) is 4.95. The van der Waals surface area contributed by atoms with Gasteiger partial charge in [-0.1, -0.05) is 44.2 Å². The number of rotatable bonds is 3. The lowest BCUT2D eigenvalue weighted by atomic mass is 10.0. The Morgan fingerprint density at radius 1 is 1.18 bits per heavy atom. The standard InChI is InChI=1S/C11H18/c1-6-11(10(4)5)8-7-9(2)3/h6-8,10H,1H2,2-5H3. The fourth-order valence-electron chi connectivity index (χ4n) is 0.759. The van der Waals surface area contributed by atoms with E-state index in [2.05, 4.69) is 46.4 Å². The highest BCUT2D eigenvalue weighted by Gasteiger charge is 1.94. The van der Waals surface area contributed by atoms with Crippen molar-refractivity contribution in [1.82, 2.24) is 0 Å². The lowest BCUT2D eigenvalue weighted by Crippen LogP contribution is -1.88. The smallest absolute Gasteiger partial charge is 0.0219 e. The summed E-state index contributed by atoms with van der Waals surface area (Å²) >= 11 is 0. The van der Waals surface area contributed by atoms with Gasteiger partial charge in [0.05, 0.1) is 0 Å². The van der Waals surface area contributed by atoms with Crippen molar-refractivity contribution in [2.24, 2.45) is 5.92 Å². The molecule has 0 bridgehead atoms. The molecule has 0 rings (SSSR count). The molecule has 0 saturated heterocycles. The van der Waals surface area contributed by atoms with Crippen LogP contribution in [-0.4, -0.2) is 0 Å². The van der Waals surface area contributed by atoms with Crippen molar-refractivity contribution in [2.45, 2.75) is 27.7 Å². The summed E-state index contributed by atoms with van der Waals surface area (Å²) in [4.78, 5) is 0. The van der Waals surface area contributed by atoms with Gasteiger partial charge in [-0.2, -0.15) is 0 Å². The van der Waals surface area contributed by atoms with Crippen LogP contribution >= 0.6 is 0 Å². The van der Waals surface area contributed by atoms with E-state index in [1.807, 2.05) is 6.08 Å². The summed E-state index contributed by atoms with van der Waals surface area (Å²) in [6, 6.07) is 0. The van der Waals surface area contributed by atoms with Crippen LogP contribution in [0.5, 0.6) is 0 Å². The zero-order valence-corrected chi connectivity index (χ0v) is 8.02. The van der Waals surface area contributed by atoms with Crippen LogP contribution in [0, 0.1) is 5.92 Å². The van der Waals surface area contributed by atoms with E-state index in [1.54, 1.807) is 0 Å². The second-order valence-corrected chi connectivity index (χ2v) is 3.27. The van der Waals surface area contributed by atoms with E-state index in [0.29, 0.717) is 5.92 Å². The zero-order valence-electron chi connectivity index (χ0n) is 8.02. The fourth-order valence-corrected chi connectivity index (χ4v) is 0.759. The maximum Gasteiger partial charge on any atom is -0.0219 e. The maximum absolute atomic E-state index is 3.76. The lowest BCUT2D eigenvalue weighted by Gasteiger charge is -2.03. The molecular weight excluding hydrogens is 132 g/mol. The van der Waals surface area contributed by atoms with Gasteiger partial charge in [-0.3, -0.25) is 0 Å². The first-order valence-electron chi connectivity index (χ1n) is 4.05. The van der Waals surface area contributed by atoms with Crippen LogP contribution < -0.4 is 0 Å². The van der Waals surface area contributed by atoms with Gasteiger partial charge in [0.1, 0.15) is 0 Å². The monoisotopic (exact) mass is 150 g/mol. The largest absolute Gasteiger partial charge is 0.0988 e. The van der Waals surface area contributed by atoms with Gasteiger partial charge in [-0.15, -0.1) is 0 Å². The molecule has 0 amide bonds. The van der Waals surface area contributed by atoms with Gasteiger partial charge in [0.2, 0.25) is 0 Å². The summed E-state index contributed by atoms with van der Waals surface area (Å²) < 4.78 is 0. The molecule has 0 heteroatoms. The quantitative estimate of drug-likeness (QED) is 0.538. The lowest BCUT2D eigenvalue weighted by molar-refractivity contribution is 0.792. The van der Waals surface area contributed by atoms with Crippen LogP contribution in [0.1, 0.15) is 27.7 Å². The molecule has 0 unspecified atom stereocenters. The van der Waals surface area contributed by atoms with E-state index >= 15 is 0 Å². The van der Waals surface area contributed by atoms with Gasteiger partial charge in [0, 0.05) is 0 Å². The van der Waals surface area contributed by atoms with Gasteiger partial charge >= 0.3 is 0 Å². The minimum absolute atomic E-state index is 0.572.